The van der Waals surface area contributed by atoms with Gasteiger partial charge in [-0.25, -0.2) is 24.9 Å². The van der Waals surface area contributed by atoms with Gasteiger partial charge in [0.05, 0.1) is 46.7 Å². The largest absolute Gasteiger partial charge is 0.382 e. The third-order valence-corrected chi connectivity index (χ3v) is 7.39. The van der Waals surface area contributed by atoms with Crippen molar-refractivity contribution < 1.29 is 4.39 Å². The first kappa shape index (κ1) is 25.4. The SMILES string of the molecule is Nc1ncnc2c1ncn2Cc1cc(-c2cnc(F)c(Cl)c2)ncc1N1CCC[C@](N)(c2cccc(Cl)n2)C1. The molecular weight excluding hydrogens is 542 g/mol. The lowest BCUT2D eigenvalue weighted by Crippen LogP contribution is -2.52. The molecule has 6 heterocycles. The van der Waals surface area contributed by atoms with E-state index in [1.807, 2.05) is 22.8 Å². The minimum absolute atomic E-state index is 0.0781. The normalized spacial score (nSPS) is 17.6. The summed E-state index contributed by atoms with van der Waals surface area (Å²) >= 11 is 12.2. The standard InChI is InChI=1S/C26H23Cl2FN10/c27-17-7-15(9-33-23(17)29)18-8-16(11-39-14-36-22-24(30)34-13-35-25(22)39)19(10-32-18)38-6-2-5-26(31,12-38)20-3-1-4-21(28)37-20/h1,3-4,7-10,13-14H,2,5-6,11-12,31H2,(H2,30,34,35)/t26-/m1/s1. The second-order valence-electron chi connectivity index (χ2n) is 9.53. The number of piperidine rings is 1. The Morgan fingerprint density at radius 1 is 1.05 bits per heavy atom. The molecule has 0 amide bonds. The summed E-state index contributed by atoms with van der Waals surface area (Å²) in [7, 11) is 0. The zero-order valence-electron chi connectivity index (χ0n) is 20.6. The number of fused-ring (bicyclic) bond motifs is 1. The Bertz CT molecular complexity index is 1690. The highest BCUT2D eigenvalue weighted by atomic mass is 35.5. The van der Waals surface area contributed by atoms with Gasteiger partial charge in [-0.2, -0.15) is 4.39 Å². The molecule has 198 valence electrons. The van der Waals surface area contributed by atoms with Crippen LogP contribution in [0.2, 0.25) is 10.2 Å². The number of anilines is 2. The number of nitrogens with zero attached hydrogens (tertiary/aromatic N) is 8. The molecule has 1 aliphatic rings. The number of aromatic nitrogens is 7. The number of nitrogen functional groups attached to an aromatic ring is 1. The number of nitrogens with two attached hydrogens (primary N) is 2. The number of hydrogen-bond donors (Lipinski definition) is 2. The first-order valence-electron chi connectivity index (χ1n) is 12.2. The fraction of sp³-hybridized carbons (Fsp3) is 0.231. The number of imidazole rings is 1. The second kappa shape index (κ2) is 9.99. The Kier molecular flexibility index (Phi) is 6.49. The summed E-state index contributed by atoms with van der Waals surface area (Å²) in [5.74, 6) is -0.430. The summed E-state index contributed by atoms with van der Waals surface area (Å²) in [4.78, 5) is 28.0. The minimum atomic E-state index is -0.735. The van der Waals surface area contributed by atoms with Crippen LogP contribution in [0.5, 0.6) is 0 Å². The van der Waals surface area contributed by atoms with E-state index in [1.54, 1.807) is 18.6 Å². The number of pyridine rings is 3. The topological polar surface area (TPSA) is 138 Å². The summed E-state index contributed by atoms with van der Waals surface area (Å²) in [5.41, 5.74) is 17.1. The van der Waals surface area contributed by atoms with Gasteiger partial charge in [-0.1, -0.05) is 29.3 Å². The van der Waals surface area contributed by atoms with Crippen LogP contribution in [0.25, 0.3) is 22.4 Å². The highest BCUT2D eigenvalue weighted by Crippen LogP contribution is 2.35. The van der Waals surface area contributed by atoms with Crippen LogP contribution < -0.4 is 16.4 Å². The van der Waals surface area contributed by atoms with Crippen LogP contribution in [0.4, 0.5) is 15.9 Å². The number of hydrogen-bond acceptors (Lipinski definition) is 9. The average molecular weight is 565 g/mol. The van der Waals surface area contributed by atoms with Crippen molar-refractivity contribution in [3.05, 3.63) is 82.8 Å². The van der Waals surface area contributed by atoms with E-state index >= 15 is 0 Å². The lowest BCUT2D eigenvalue weighted by Gasteiger charge is -2.41. The highest BCUT2D eigenvalue weighted by Gasteiger charge is 2.35. The maximum Gasteiger partial charge on any atom is 0.231 e. The second-order valence-corrected chi connectivity index (χ2v) is 10.3. The van der Waals surface area contributed by atoms with Crippen LogP contribution in [0.3, 0.4) is 0 Å². The van der Waals surface area contributed by atoms with Crippen LogP contribution in [-0.2, 0) is 12.1 Å². The molecule has 6 rings (SSSR count). The van der Waals surface area contributed by atoms with Crippen molar-refractivity contribution in [1.82, 2.24) is 34.5 Å². The van der Waals surface area contributed by atoms with Gasteiger partial charge in [0.1, 0.15) is 17.0 Å². The van der Waals surface area contributed by atoms with Gasteiger partial charge in [0.15, 0.2) is 11.5 Å². The fourth-order valence-electron chi connectivity index (χ4n) is 5.00. The van der Waals surface area contributed by atoms with Gasteiger partial charge in [-0.3, -0.25) is 4.98 Å². The maximum absolute atomic E-state index is 13.7. The molecule has 10 nitrogen and oxygen atoms in total. The molecule has 39 heavy (non-hydrogen) atoms. The third kappa shape index (κ3) is 4.84. The molecule has 1 saturated heterocycles. The van der Waals surface area contributed by atoms with Crippen LogP contribution in [0.15, 0.2) is 55.4 Å². The zero-order chi connectivity index (χ0) is 27.1. The van der Waals surface area contributed by atoms with Crippen LogP contribution >= 0.6 is 23.2 Å². The van der Waals surface area contributed by atoms with E-state index < -0.39 is 11.5 Å². The van der Waals surface area contributed by atoms with Gasteiger partial charge < -0.3 is 20.9 Å². The van der Waals surface area contributed by atoms with Gasteiger partial charge in [-0.05, 0) is 42.7 Å². The zero-order valence-corrected chi connectivity index (χ0v) is 22.1. The van der Waals surface area contributed by atoms with Gasteiger partial charge in [0.2, 0.25) is 5.95 Å². The molecule has 0 spiro atoms. The van der Waals surface area contributed by atoms with E-state index in [1.165, 1.54) is 18.6 Å². The predicted octanol–water partition coefficient (Wildman–Crippen LogP) is 4.21. The molecule has 0 bridgehead atoms. The van der Waals surface area contributed by atoms with E-state index in [0.717, 1.165) is 36.3 Å². The third-order valence-electron chi connectivity index (χ3n) is 6.92. The lowest BCUT2D eigenvalue weighted by atomic mass is 9.86. The number of rotatable bonds is 5. The predicted molar refractivity (Wildman–Crippen MR) is 148 cm³/mol. The fourth-order valence-corrected chi connectivity index (χ4v) is 5.33. The van der Waals surface area contributed by atoms with E-state index in [0.29, 0.717) is 46.5 Å². The molecule has 0 unspecified atom stereocenters. The molecular formula is C26H23Cl2FN10. The Hall–Kier alpha value is -3.93. The molecule has 1 fully saturated rings. The van der Waals surface area contributed by atoms with Crippen LogP contribution in [0.1, 0.15) is 24.1 Å². The van der Waals surface area contributed by atoms with E-state index in [-0.39, 0.29) is 5.02 Å². The molecule has 0 saturated carbocycles. The Morgan fingerprint density at radius 2 is 1.92 bits per heavy atom. The van der Waals surface area contributed by atoms with Gasteiger partial charge in [-0.15, -0.1) is 0 Å². The summed E-state index contributed by atoms with van der Waals surface area (Å²) in [5, 5.41) is 0.326. The van der Waals surface area contributed by atoms with Crippen molar-refractivity contribution in [2.75, 3.05) is 23.7 Å². The van der Waals surface area contributed by atoms with E-state index in [4.69, 9.17) is 34.7 Å². The molecule has 0 aliphatic carbocycles. The minimum Gasteiger partial charge on any atom is -0.382 e. The number of halogens is 3. The lowest BCUT2D eigenvalue weighted by molar-refractivity contribution is 0.345. The van der Waals surface area contributed by atoms with Crippen molar-refractivity contribution in [2.45, 2.75) is 24.9 Å². The highest BCUT2D eigenvalue weighted by molar-refractivity contribution is 6.30. The molecule has 13 heteroatoms. The summed E-state index contributed by atoms with van der Waals surface area (Å²) in [6, 6.07) is 8.94. The van der Waals surface area contributed by atoms with Crippen molar-refractivity contribution >= 4 is 45.9 Å². The molecule has 4 N–H and O–H groups in total. The molecule has 1 aliphatic heterocycles. The van der Waals surface area contributed by atoms with Gasteiger partial charge in [0, 0.05) is 24.8 Å². The van der Waals surface area contributed by atoms with Gasteiger partial charge in [0.25, 0.3) is 0 Å². The van der Waals surface area contributed by atoms with Crippen molar-refractivity contribution in [1.29, 1.82) is 0 Å². The summed E-state index contributed by atoms with van der Waals surface area (Å²) < 4.78 is 15.6. The summed E-state index contributed by atoms with van der Waals surface area (Å²) in [6.45, 7) is 1.69. The summed E-state index contributed by atoms with van der Waals surface area (Å²) in [6.07, 6.45) is 7.90. The van der Waals surface area contributed by atoms with Crippen LogP contribution in [-0.4, -0.2) is 47.6 Å². The van der Waals surface area contributed by atoms with E-state index in [9.17, 15) is 4.39 Å². The quantitative estimate of drug-likeness (QED) is 0.300. The monoisotopic (exact) mass is 564 g/mol. The Labute approximate surface area is 232 Å². The maximum atomic E-state index is 13.7. The molecule has 0 aromatic carbocycles. The smallest absolute Gasteiger partial charge is 0.231 e. The van der Waals surface area contributed by atoms with Crippen molar-refractivity contribution in [3.63, 3.8) is 0 Å². The van der Waals surface area contributed by atoms with Crippen LogP contribution in [0, 0.1) is 5.95 Å². The molecule has 5 aromatic rings. The first-order valence-corrected chi connectivity index (χ1v) is 12.9. The first-order chi connectivity index (χ1) is 18.8. The Morgan fingerprint density at radius 3 is 2.74 bits per heavy atom. The molecule has 5 aromatic heterocycles. The van der Waals surface area contributed by atoms with E-state index in [2.05, 4.69) is 34.8 Å². The van der Waals surface area contributed by atoms with Crippen molar-refractivity contribution in [3.8, 4) is 11.3 Å². The molecule has 0 radical (unpaired) electrons. The molecule has 1 atom stereocenters. The Balaban J connectivity index is 1.42. The average Bonchev–Trinajstić information content (AvgIpc) is 3.34. The van der Waals surface area contributed by atoms with Crippen molar-refractivity contribution in [2.24, 2.45) is 5.73 Å². The van der Waals surface area contributed by atoms with Gasteiger partial charge >= 0.3 is 0 Å².